The lowest BCUT2D eigenvalue weighted by atomic mass is 10.1. The van der Waals surface area contributed by atoms with Crippen LogP contribution in [-0.2, 0) is 14.3 Å². The average molecular weight is 517 g/mol. The molecule has 1 atom stereocenters. The van der Waals surface area contributed by atoms with E-state index in [1.165, 1.54) is 16.8 Å². The Morgan fingerprint density at radius 2 is 1.89 bits per heavy atom. The monoisotopic (exact) mass is 516 g/mol. The van der Waals surface area contributed by atoms with Gasteiger partial charge in [-0.25, -0.2) is 0 Å². The van der Waals surface area contributed by atoms with E-state index in [0.29, 0.717) is 17.8 Å². The summed E-state index contributed by atoms with van der Waals surface area (Å²) >= 11 is 7.10. The fourth-order valence-corrected chi connectivity index (χ4v) is 3.91. The van der Waals surface area contributed by atoms with E-state index in [2.05, 4.69) is 26.2 Å². The lowest BCUT2D eigenvalue weighted by molar-refractivity contribution is -0.144. The molecule has 0 aliphatic carbocycles. The number of tetrazole rings is 1. The first kappa shape index (κ1) is 26.2. The number of thioether (sulfide) groups is 1. The number of hydrogen-bond acceptors (Lipinski definition) is 8. The van der Waals surface area contributed by atoms with Gasteiger partial charge in [-0.3, -0.25) is 14.4 Å². The maximum absolute atomic E-state index is 13.2. The van der Waals surface area contributed by atoms with Crippen LogP contribution in [0.5, 0.6) is 0 Å². The van der Waals surface area contributed by atoms with Gasteiger partial charge < -0.3 is 15.4 Å². The standard InChI is InChI=1S/C23H25ClN6O4S/c1-4-34-22(33)19(35-23-27-28-29-30(23)16-8-6-5-7-9-16)21(32)26-18-12-15(10-11-17(18)24)20(31)25-13-14(2)3/h5-12,14,19H,4,13H2,1-3H3,(H,25,31)(H,26,32). The average Bonchev–Trinajstić information content (AvgIpc) is 3.31. The Morgan fingerprint density at radius 3 is 2.57 bits per heavy atom. The summed E-state index contributed by atoms with van der Waals surface area (Å²) in [6, 6.07) is 13.6. The molecule has 1 heterocycles. The van der Waals surface area contributed by atoms with Gasteiger partial charge in [0.2, 0.25) is 11.1 Å². The van der Waals surface area contributed by atoms with Crippen LogP contribution in [0.25, 0.3) is 5.69 Å². The molecule has 35 heavy (non-hydrogen) atoms. The summed E-state index contributed by atoms with van der Waals surface area (Å²) in [6.07, 6.45) is 0. The molecule has 0 radical (unpaired) electrons. The van der Waals surface area contributed by atoms with E-state index in [1.54, 1.807) is 25.1 Å². The van der Waals surface area contributed by atoms with Crippen molar-refractivity contribution in [3.63, 3.8) is 0 Å². The van der Waals surface area contributed by atoms with E-state index >= 15 is 0 Å². The number of amides is 2. The third-order valence-electron chi connectivity index (χ3n) is 4.56. The Morgan fingerprint density at radius 1 is 1.14 bits per heavy atom. The van der Waals surface area contributed by atoms with Crippen molar-refractivity contribution in [3.05, 3.63) is 59.1 Å². The normalized spacial score (nSPS) is 11.7. The van der Waals surface area contributed by atoms with Crippen LogP contribution in [0, 0.1) is 5.92 Å². The quantitative estimate of drug-likeness (QED) is 0.238. The van der Waals surface area contributed by atoms with Crippen molar-refractivity contribution in [2.45, 2.75) is 31.2 Å². The lowest BCUT2D eigenvalue weighted by Crippen LogP contribution is -2.34. The predicted octanol–water partition coefficient (Wildman–Crippen LogP) is 3.36. The highest BCUT2D eigenvalue weighted by molar-refractivity contribution is 8.01. The molecule has 12 heteroatoms. The first-order valence-corrected chi connectivity index (χ1v) is 12.1. The van der Waals surface area contributed by atoms with Crippen molar-refractivity contribution in [1.82, 2.24) is 25.5 Å². The molecule has 2 aromatic carbocycles. The second kappa shape index (κ2) is 12.3. The van der Waals surface area contributed by atoms with Gasteiger partial charge in [0.25, 0.3) is 5.91 Å². The number of halogens is 1. The van der Waals surface area contributed by atoms with Crippen LogP contribution in [0.2, 0.25) is 5.02 Å². The van der Waals surface area contributed by atoms with E-state index in [1.807, 2.05) is 32.0 Å². The van der Waals surface area contributed by atoms with Crippen LogP contribution in [0.15, 0.2) is 53.7 Å². The molecule has 3 rings (SSSR count). The van der Waals surface area contributed by atoms with Gasteiger partial charge in [0.05, 0.1) is 23.0 Å². The predicted molar refractivity (Wildman–Crippen MR) is 133 cm³/mol. The van der Waals surface area contributed by atoms with Crippen LogP contribution >= 0.6 is 23.4 Å². The van der Waals surface area contributed by atoms with E-state index in [-0.39, 0.29) is 34.3 Å². The van der Waals surface area contributed by atoms with Crippen LogP contribution in [0.1, 0.15) is 31.1 Å². The molecule has 0 spiro atoms. The lowest BCUT2D eigenvalue weighted by Gasteiger charge is -2.16. The zero-order valence-corrected chi connectivity index (χ0v) is 21.0. The minimum Gasteiger partial charge on any atom is -0.465 e. The first-order valence-electron chi connectivity index (χ1n) is 10.9. The molecule has 2 N–H and O–H groups in total. The van der Waals surface area contributed by atoms with Gasteiger partial charge in [0.15, 0.2) is 5.25 Å². The summed E-state index contributed by atoms with van der Waals surface area (Å²) in [6.45, 7) is 6.19. The summed E-state index contributed by atoms with van der Waals surface area (Å²) in [5.41, 5.74) is 1.16. The number of hydrogen-bond donors (Lipinski definition) is 2. The summed E-state index contributed by atoms with van der Waals surface area (Å²) in [7, 11) is 0. The zero-order chi connectivity index (χ0) is 25.4. The third kappa shape index (κ3) is 7.03. The van der Waals surface area contributed by atoms with Crippen LogP contribution < -0.4 is 10.6 Å². The summed E-state index contributed by atoms with van der Waals surface area (Å²) in [5, 5.41) is 16.1. The van der Waals surface area contributed by atoms with Crippen molar-refractivity contribution < 1.29 is 19.1 Å². The highest BCUT2D eigenvalue weighted by Crippen LogP contribution is 2.28. The molecule has 0 saturated heterocycles. The molecular weight excluding hydrogens is 492 g/mol. The van der Waals surface area contributed by atoms with Crippen molar-refractivity contribution in [2.75, 3.05) is 18.5 Å². The van der Waals surface area contributed by atoms with Gasteiger partial charge in [0, 0.05) is 12.1 Å². The Labute approximate surface area is 211 Å². The molecular formula is C23H25ClN6O4S. The van der Waals surface area contributed by atoms with E-state index in [9.17, 15) is 14.4 Å². The van der Waals surface area contributed by atoms with Gasteiger partial charge in [-0.1, -0.05) is 55.4 Å². The minimum absolute atomic E-state index is 0.0824. The maximum Gasteiger partial charge on any atom is 0.329 e. The number of carbonyl (C=O) groups is 3. The van der Waals surface area contributed by atoms with E-state index in [0.717, 1.165) is 11.8 Å². The third-order valence-corrected chi connectivity index (χ3v) is 6.00. The van der Waals surface area contributed by atoms with Gasteiger partial charge in [-0.2, -0.15) is 4.68 Å². The van der Waals surface area contributed by atoms with Crippen molar-refractivity contribution in [3.8, 4) is 5.69 Å². The zero-order valence-electron chi connectivity index (χ0n) is 19.4. The number of nitrogens with one attached hydrogen (secondary N) is 2. The second-order valence-electron chi connectivity index (χ2n) is 7.75. The Balaban J connectivity index is 1.83. The number of nitrogens with zero attached hydrogens (tertiary/aromatic N) is 4. The number of rotatable bonds is 10. The molecule has 1 aromatic heterocycles. The number of aromatic nitrogens is 4. The minimum atomic E-state index is -1.34. The van der Waals surface area contributed by atoms with E-state index < -0.39 is 17.1 Å². The molecule has 10 nitrogen and oxygen atoms in total. The molecule has 184 valence electrons. The highest BCUT2D eigenvalue weighted by atomic mass is 35.5. The molecule has 0 aliphatic heterocycles. The van der Waals surface area contributed by atoms with Gasteiger partial charge >= 0.3 is 5.97 Å². The Bertz CT molecular complexity index is 1190. The van der Waals surface area contributed by atoms with Crippen molar-refractivity contribution in [1.29, 1.82) is 0 Å². The van der Waals surface area contributed by atoms with Crippen LogP contribution in [0.3, 0.4) is 0 Å². The fourth-order valence-electron chi connectivity index (χ4n) is 2.88. The van der Waals surface area contributed by atoms with Crippen molar-refractivity contribution in [2.24, 2.45) is 5.92 Å². The SMILES string of the molecule is CCOC(=O)C(Sc1nnnn1-c1ccccc1)C(=O)Nc1cc(C(=O)NCC(C)C)ccc1Cl. The van der Waals surface area contributed by atoms with Gasteiger partial charge in [-0.15, -0.1) is 5.10 Å². The molecule has 0 bridgehead atoms. The molecule has 0 saturated carbocycles. The fraction of sp³-hybridized carbons (Fsp3) is 0.304. The number of anilines is 1. The summed E-state index contributed by atoms with van der Waals surface area (Å²) in [4.78, 5) is 38.3. The topological polar surface area (TPSA) is 128 Å². The van der Waals surface area contributed by atoms with E-state index in [4.69, 9.17) is 16.3 Å². The molecule has 0 fully saturated rings. The summed E-state index contributed by atoms with van der Waals surface area (Å²) < 4.78 is 6.52. The largest absolute Gasteiger partial charge is 0.465 e. The first-order chi connectivity index (χ1) is 16.8. The molecule has 1 unspecified atom stereocenters. The van der Waals surface area contributed by atoms with Gasteiger partial charge in [-0.05, 0) is 53.6 Å². The van der Waals surface area contributed by atoms with Crippen LogP contribution in [-0.4, -0.2) is 56.4 Å². The summed E-state index contributed by atoms with van der Waals surface area (Å²) in [5.74, 6) is -1.48. The number of benzene rings is 2. The van der Waals surface area contributed by atoms with Crippen LogP contribution in [0.4, 0.5) is 5.69 Å². The van der Waals surface area contributed by atoms with Gasteiger partial charge in [0.1, 0.15) is 0 Å². The molecule has 0 aliphatic rings. The maximum atomic E-state index is 13.2. The number of esters is 1. The molecule has 3 aromatic rings. The number of ether oxygens (including phenoxy) is 1. The number of para-hydroxylation sites is 1. The number of carbonyl (C=O) groups excluding carboxylic acids is 3. The smallest absolute Gasteiger partial charge is 0.329 e. The highest BCUT2D eigenvalue weighted by Gasteiger charge is 2.32. The Hall–Kier alpha value is -3.44. The second-order valence-corrected chi connectivity index (χ2v) is 9.23. The molecule has 2 amide bonds. The van der Waals surface area contributed by atoms with Crippen molar-refractivity contribution >= 4 is 46.8 Å². The Kier molecular flexibility index (Phi) is 9.21.